The summed E-state index contributed by atoms with van der Waals surface area (Å²) in [7, 11) is 0. The Bertz CT molecular complexity index is 1700. The van der Waals surface area contributed by atoms with Crippen LogP contribution in [0.15, 0.2) is 67.1 Å². The molecule has 4 rings (SSSR count). The summed E-state index contributed by atoms with van der Waals surface area (Å²) in [5.41, 5.74) is 1.68. The highest BCUT2D eigenvalue weighted by atomic mass is 19.4. The number of ether oxygens (including phenoxy) is 2. The SMILES string of the molecule is CC[C@H](C)[C@H](NC(=O)[C@H](Cc1ccc(OC(F)(F)F)cc1)C[C@H](O)[C@H](Cc1ccccc1)NC(=O)OC(C)(C)C)C(=O)N1CCC(n2cncc2C(C)C)CC1. The number of benzene rings is 2. The first kappa shape index (κ1) is 44.1. The zero-order valence-electron chi connectivity index (χ0n) is 33.5. The van der Waals surface area contributed by atoms with Crippen LogP contribution >= 0.6 is 0 Å². The Hall–Kier alpha value is -4.59. The topological polar surface area (TPSA) is 135 Å². The van der Waals surface area contributed by atoms with Crippen molar-refractivity contribution in [2.75, 3.05) is 13.1 Å². The molecule has 0 bridgehead atoms. The third kappa shape index (κ3) is 13.3. The second kappa shape index (κ2) is 19.5. The van der Waals surface area contributed by atoms with Crippen LogP contribution in [-0.2, 0) is 27.2 Å². The van der Waals surface area contributed by atoms with Crippen molar-refractivity contribution in [3.05, 3.63) is 83.9 Å². The molecule has 1 aliphatic rings. The maximum Gasteiger partial charge on any atom is 0.573 e. The van der Waals surface area contributed by atoms with E-state index in [1.54, 1.807) is 25.7 Å². The van der Waals surface area contributed by atoms with Gasteiger partial charge < -0.3 is 34.7 Å². The number of halogens is 3. The first-order valence-corrected chi connectivity index (χ1v) is 19.5. The van der Waals surface area contributed by atoms with Crippen molar-refractivity contribution < 1.29 is 42.1 Å². The number of amides is 3. The van der Waals surface area contributed by atoms with Crippen molar-refractivity contribution in [2.45, 2.75) is 129 Å². The van der Waals surface area contributed by atoms with Gasteiger partial charge in [0.05, 0.1) is 18.5 Å². The van der Waals surface area contributed by atoms with E-state index in [0.717, 1.165) is 24.1 Å². The Balaban J connectivity index is 1.57. The molecule has 11 nitrogen and oxygen atoms in total. The lowest BCUT2D eigenvalue weighted by molar-refractivity contribution is -0.274. The van der Waals surface area contributed by atoms with Gasteiger partial charge in [0, 0.05) is 36.9 Å². The van der Waals surface area contributed by atoms with Gasteiger partial charge in [0.1, 0.15) is 17.4 Å². The van der Waals surface area contributed by atoms with E-state index in [1.165, 1.54) is 24.3 Å². The van der Waals surface area contributed by atoms with Crippen LogP contribution in [0.4, 0.5) is 18.0 Å². The van der Waals surface area contributed by atoms with E-state index in [-0.39, 0.29) is 37.1 Å². The van der Waals surface area contributed by atoms with E-state index in [4.69, 9.17) is 4.74 Å². The summed E-state index contributed by atoms with van der Waals surface area (Å²) in [4.78, 5) is 47.6. The number of nitrogens with one attached hydrogen (secondary N) is 2. The number of aliphatic hydroxyl groups is 1. The highest BCUT2D eigenvalue weighted by Crippen LogP contribution is 2.29. The Morgan fingerprint density at radius 2 is 1.55 bits per heavy atom. The van der Waals surface area contributed by atoms with E-state index < -0.39 is 53.8 Å². The van der Waals surface area contributed by atoms with Crippen LogP contribution in [0.2, 0.25) is 0 Å². The van der Waals surface area contributed by atoms with E-state index >= 15 is 0 Å². The van der Waals surface area contributed by atoms with Gasteiger partial charge in [-0.25, -0.2) is 9.78 Å². The van der Waals surface area contributed by atoms with E-state index in [1.807, 2.05) is 56.7 Å². The second-order valence-electron chi connectivity index (χ2n) is 16.1. The summed E-state index contributed by atoms with van der Waals surface area (Å²) in [6, 6.07) is 12.9. The molecule has 0 spiro atoms. The molecule has 5 atom stereocenters. The molecule has 0 aliphatic carbocycles. The molecule has 0 unspecified atom stereocenters. The minimum Gasteiger partial charge on any atom is -0.444 e. The number of aliphatic hydroxyl groups excluding tert-OH is 1. The Kier molecular flexibility index (Phi) is 15.4. The zero-order valence-corrected chi connectivity index (χ0v) is 33.5. The monoisotopic (exact) mass is 785 g/mol. The fraction of sp³-hybridized carbons (Fsp3) is 0.571. The number of rotatable bonds is 16. The molecule has 1 aromatic heterocycles. The number of hydrogen-bond acceptors (Lipinski definition) is 7. The first-order valence-electron chi connectivity index (χ1n) is 19.5. The lowest BCUT2D eigenvalue weighted by atomic mass is 9.87. The van der Waals surface area contributed by atoms with Crippen molar-refractivity contribution in [2.24, 2.45) is 11.8 Å². The lowest BCUT2D eigenvalue weighted by Gasteiger charge is -2.37. The average molecular weight is 786 g/mol. The second-order valence-corrected chi connectivity index (χ2v) is 16.1. The number of hydrogen-bond donors (Lipinski definition) is 3. The van der Waals surface area contributed by atoms with Crippen LogP contribution in [0.3, 0.4) is 0 Å². The molecule has 3 aromatic rings. The standard InChI is InChI=1S/C42H58F3N5O6/c1-8-28(4)37(39(53)49-20-18-32(19-21-49)50-26-46-25-35(50)27(2)3)48-38(52)31(22-30-14-16-33(17-15-30)55-42(43,44)45)24-36(51)34(23-29-12-10-9-11-13-29)47-40(54)56-41(5,6)7/h9-17,25-28,31-32,34,36-37,51H,8,18-24H2,1-7H3,(H,47,54)(H,48,52)/t28-,31+,34-,36-,37-/m0/s1. The number of alkyl halides is 3. The van der Waals surface area contributed by atoms with E-state index in [9.17, 15) is 32.7 Å². The molecule has 14 heteroatoms. The summed E-state index contributed by atoms with van der Waals surface area (Å²) in [6.07, 6.45) is -0.963. The molecule has 3 N–H and O–H groups in total. The van der Waals surface area contributed by atoms with E-state index in [0.29, 0.717) is 31.0 Å². The molecule has 1 fully saturated rings. The van der Waals surface area contributed by atoms with Crippen molar-refractivity contribution in [3.8, 4) is 5.75 Å². The number of nitrogens with zero attached hydrogens (tertiary/aromatic N) is 3. The minimum atomic E-state index is -4.87. The Morgan fingerprint density at radius 3 is 2.12 bits per heavy atom. The van der Waals surface area contributed by atoms with Crippen LogP contribution in [-0.4, -0.2) is 80.7 Å². The van der Waals surface area contributed by atoms with Crippen molar-refractivity contribution in [1.82, 2.24) is 25.1 Å². The van der Waals surface area contributed by atoms with E-state index in [2.05, 4.69) is 38.8 Å². The predicted octanol–water partition coefficient (Wildman–Crippen LogP) is 7.35. The Morgan fingerprint density at radius 1 is 0.929 bits per heavy atom. The lowest BCUT2D eigenvalue weighted by Crippen LogP contribution is -2.55. The Labute approximate surface area is 328 Å². The smallest absolute Gasteiger partial charge is 0.444 e. The van der Waals surface area contributed by atoms with Crippen molar-refractivity contribution in [1.29, 1.82) is 0 Å². The summed E-state index contributed by atoms with van der Waals surface area (Å²) < 4.78 is 50.4. The maximum atomic E-state index is 14.4. The zero-order chi connectivity index (χ0) is 41.2. The summed E-state index contributed by atoms with van der Waals surface area (Å²) in [5, 5.41) is 17.6. The van der Waals surface area contributed by atoms with Gasteiger partial charge in [-0.1, -0.05) is 76.6 Å². The highest BCUT2D eigenvalue weighted by molar-refractivity contribution is 5.89. The number of imidazole rings is 1. The molecule has 56 heavy (non-hydrogen) atoms. The van der Waals surface area contributed by atoms with Gasteiger partial charge >= 0.3 is 12.5 Å². The molecule has 1 aliphatic heterocycles. The minimum absolute atomic E-state index is 0.0234. The summed E-state index contributed by atoms with van der Waals surface area (Å²) in [6.45, 7) is 14.3. The largest absolute Gasteiger partial charge is 0.573 e. The van der Waals surface area contributed by atoms with Gasteiger partial charge in [0.25, 0.3) is 0 Å². The molecule has 0 radical (unpaired) electrons. The van der Waals surface area contributed by atoms with Gasteiger partial charge in [-0.05, 0) is 88.0 Å². The number of likely N-dealkylation sites (tertiary alicyclic amines) is 1. The quantitative estimate of drug-likeness (QED) is 0.138. The van der Waals surface area contributed by atoms with Crippen molar-refractivity contribution in [3.63, 3.8) is 0 Å². The van der Waals surface area contributed by atoms with Crippen LogP contribution in [0.25, 0.3) is 0 Å². The molecular weight excluding hydrogens is 727 g/mol. The molecule has 3 amide bonds. The molecule has 0 saturated carbocycles. The van der Waals surface area contributed by atoms with Gasteiger partial charge in [0.2, 0.25) is 11.8 Å². The highest BCUT2D eigenvalue weighted by Gasteiger charge is 2.36. The van der Waals surface area contributed by atoms with Crippen molar-refractivity contribution >= 4 is 17.9 Å². The van der Waals surface area contributed by atoms with Gasteiger partial charge in [-0.2, -0.15) is 0 Å². The predicted molar refractivity (Wildman–Crippen MR) is 207 cm³/mol. The molecule has 1 saturated heterocycles. The van der Waals surface area contributed by atoms with Crippen LogP contribution in [0.5, 0.6) is 5.75 Å². The summed E-state index contributed by atoms with van der Waals surface area (Å²) in [5.74, 6) is -1.97. The van der Waals surface area contributed by atoms with Crippen LogP contribution in [0.1, 0.15) is 103 Å². The number of carbonyl (C=O) groups excluding carboxylic acids is 3. The molecule has 2 aromatic carbocycles. The normalized spacial score (nSPS) is 16.8. The van der Waals surface area contributed by atoms with Crippen LogP contribution < -0.4 is 15.4 Å². The van der Waals surface area contributed by atoms with Gasteiger partial charge in [0.15, 0.2) is 0 Å². The van der Waals surface area contributed by atoms with Crippen LogP contribution in [0, 0.1) is 11.8 Å². The maximum absolute atomic E-state index is 14.4. The number of alkyl carbamates (subject to hydrolysis) is 1. The average Bonchev–Trinajstić information content (AvgIpc) is 3.63. The fourth-order valence-corrected chi connectivity index (χ4v) is 7.04. The van der Waals surface area contributed by atoms with Gasteiger partial charge in [-0.15, -0.1) is 13.2 Å². The number of aromatic nitrogens is 2. The third-order valence-electron chi connectivity index (χ3n) is 10.2. The molecular formula is C42H58F3N5O6. The molecule has 2 heterocycles. The van der Waals surface area contributed by atoms with Gasteiger partial charge in [-0.3, -0.25) is 9.59 Å². The number of piperidine rings is 1. The number of carbonyl (C=O) groups is 3. The fourth-order valence-electron chi connectivity index (χ4n) is 7.04. The third-order valence-corrected chi connectivity index (χ3v) is 10.2. The summed E-state index contributed by atoms with van der Waals surface area (Å²) >= 11 is 0. The molecule has 308 valence electrons. The first-order chi connectivity index (χ1) is 26.3.